The molecule has 110 valence electrons. The van der Waals surface area contributed by atoms with Gasteiger partial charge in [-0.15, -0.1) is 0 Å². The first-order chi connectivity index (χ1) is 10.8. The molecule has 0 saturated heterocycles. The molecule has 0 unspecified atom stereocenters. The zero-order valence-electron chi connectivity index (χ0n) is 12.0. The molecule has 0 amide bonds. The van der Waals surface area contributed by atoms with Crippen molar-refractivity contribution in [3.05, 3.63) is 60.6 Å². The normalized spacial score (nSPS) is 25.6. The van der Waals surface area contributed by atoms with Crippen LogP contribution < -0.4 is 0 Å². The van der Waals surface area contributed by atoms with Crippen molar-refractivity contribution in [2.45, 2.75) is 25.1 Å². The zero-order chi connectivity index (χ0) is 14.7. The molecule has 0 fully saturated rings. The van der Waals surface area contributed by atoms with Gasteiger partial charge in [-0.05, 0) is 12.0 Å². The summed E-state index contributed by atoms with van der Waals surface area (Å²) in [6.45, 7) is 0.903. The van der Waals surface area contributed by atoms with E-state index in [0.29, 0.717) is 0 Å². The molecular formula is C17H16N4O. The number of benzene rings is 1. The summed E-state index contributed by atoms with van der Waals surface area (Å²) in [7, 11) is 0. The van der Waals surface area contributed by atoms with Crippen LogP contribution in [0.5, 0.6) is 0 Å². The molecule has 0 aliphatic carbocycles. The van der Waals surface area contributed by atoms with Crippen LogP contribution >= 0.6 is 0 Å². The van der Waals surface area contributed by atoms with E-state index >= 15 is 0 Å². The summed E-state index contributed by atoms with van der Waals surface area (Å²) >= 11 is 0. The van der Waals surface area contributed by atoms with Gasteiger partial charge in [0.25, 0.3) is 0 Å². The second-order valence-electron chi connectivity index (χ2n) is 6.09. The van der Waals surface area contributed by atoms with Gasteiger partial charge in [0.05, 0.1) is 24.3 Å². The Morgan fingerprint density at radius 2 is 2.14 bits per heavy atom. The maximum absolute atomic E-state index is 10.8. The van der Waals surface area contributed by atoms with Gasteiger partial charge in [-0.3, -0.25) is 0 Å². The number of fused-ring (bicyclic) bond motifs is 4. The number of hydrogen-bond acceptors (Lipinski definition) is 3. The first kappa shape index (κ1) is 12.2. The number of imidazole rings is 2. The predicted molar refractivity (Wildman–Crippen MR) is 81.1 cm³/mol. The van der Waals surface area contributed by atoms with Gasteiger partial charge in [-0.2, -0.15) is 0 Å². The standard InChI is InChI=1S/C17H16N4O/c22-16-13(5-7-20-8-6-19-17(16)20)15-12-4-2-1-3-11(12)14-9-18-10-21(14)15/h1-4,6,8-10,13,15-16,22H,5,7H2/t13-,15-,16+/m0/s1. The number of aliphatic hydroxyl groups is 1. The van der Waals surface area contributed by atoms with Crippen LogP contribution in [0, 0.1) is 5.92 Å². The van der Waals surface area contributed by atoms with Crippen LogP contribution in [0.4, 0.5) is 0 Å². The molecule has 1 N–H and O–H groups in total. The largest absolute Gasteiger partial charge is 0.385 e. The Kier molecular flexibility index (Phi) is 2.38. The average molecular weight is 292 g/mol. The summed E-state index contributed by atoms with van der Waals surface area (Å²) < 4.78 is 4.26. The summed E-state index contributed by atoms with van der Waals surface area (Å²) in [4.78, 5) is 8.65. The van der Waals surface area contributed by atoms with Crippen molar-refractivity contribution < 1.29 is 5.11 Å². The Hall–Kier alpha value is -2.40. The second-order valence-corrected chi connectivity index (χ2v) is 6.09. The third kappa shape index (κ3) is 1.46. The molecule has 0 saturated carbocycles. The summed E-state index contributed by atoms with van der Waals surface area (Å²) in [6.07, 6.45) is 7.89. The lowest BCUT2D eigenvalue weighted by Gasteiger charge is -2.34. The fourth-order valence-corrected chi connectivity index (χ4v) is 4.05. The molecule has 1 aromatic carbocycles. The van der Waals surface area contributed by atoms with Crippen molar-refractivity contribution in [2.75, 3.05) is 0 Å². The molecule has 5 heteroatoms. The van der Waals surface area contributed by atoms with Gasteiger partial charge >= 0.3 is 0 Å². The summed E-state index contributed by atoms with van der Waals surface area (Å²) in [5.41, 5.74) is 3.65. The van der Waals surface area contributed by atoms with Crippen LogP contribution in [-0.4, -0.2) is 24.2 Å². The third-order valence-corrected chi connectivity index (χ3v) is 5.05. The van der Waals surface area contributed by atoms with Gasteiger partial charge in [-0.1, -0.05) is 24.3 Å². The van der Waals surface area contributed by atoms with Crippen LogP contribution in [0.3, 0.4) is 0 Å². The Balaban J connectivity index is 1.65. The zero-order valence-corrected chi connectivity index (χ0v) is 12.0. The molecular weight excluding hydrogens is 276 g/mol. The molecule has 22 heavy (non-hydrogen) atoms. The van der Waals surface area contributed by atoms with E-state index in [1.807, 2.05) is 18.7 Å². The monoisotopic (exact) mass is 292 g/mol. The van der Waals surface area contributed by atoms with E-state index in [-0.39, 0.29) is 12.0 Å². The Morgan fingerprint density at radius 1 is 1.23 bits per heavy atom. The highest BCUT2D eigenvalue weighted by molar-refractivity contribution is 5.69. The van der Waals surface area contributed by atoms with Gasteiger partial charge in [-0.25, -0.2) is 9.97 Å². The van der Waals surface area contributed by atoms with Crippen LogP contribution in [0.2, 0.25) is 0 Å². The molecule has 4 heterocycles. The summed E-state index contributed by atoms with van der Waals surface area (Å²) in [6, 6.07) is 8.57. The number of aromatic nitrogens is 4. The lowest BCUT2D eigenvalue weighted by atomic mass is 9.84. The molecule has 2 aliphatic heterocycles. The molecule has 5 rings (SSSR count). The van der Waals surface area contributed by atoms with E-state index in [0.717, 1.165) is 24.5 Å². The third-order valence-electron chi connectivity index (χ3n) is 5.05. The van der Waals surface area contributed by atoms with Gasteiger partial charge < -0.3 is 14.2 Å². The van der Waals surface area contributed by atoms with E-state index in [1.54, 1.807) is 6.20 Å². The van der Waals surface area contributed by atoms with Crippen molar-refractivity contribution in [1.29, 1.82) is 0 Å². The molecule has 0 radical (unpaired) electrons. The SMILES string of the molecule is O[C@H]1c2nccn2CC[C@H]1[C@@H]1c2ccccc2-c2cncn21. The van der Waals surface area contributed by atoms with Crippen LogP contribution in [0.25, 0.3) is 11.3 Å². The number of hydrogen-bond donors (Lipinski definition) is 1. The Morgan fingerprint density at radius 3 is 3.09 bits per heavy atom. The van der Waals surface area contributed by atoms with Crippen LogP contribution in [0.1, 0.15) is 30.0 Å². The number of aliphatic hydroxyl groups excluding tert-OH is 1. The quantitative estimate of drug-likeness (QED) is 0.749. The summed E-state index contributed by atoms with van der Waals surface area (Å²) in [5, 5.41) is 10.8. The lowest BCUT2D eigenvalue weighted by molar-refractivity contribution is 0.0514. The van der Waals surface area contributed by atoms with Crippen LogP contribution in [-0.2, 0) is 6.54 Å². The molecule has 0 spiro atoms. The van der Waals surface area contributed by atoms with E-state index < -0.39 is 6.10 Å². The fraction of sp³-hybridized carbons (Fsp3) is 0.294. The summed E-state index contributed by atoms with van der Waals surface area (Å²) in [5.74, 6) is 0.897. The van der Waals surface area contributed by atoms with Crippen molar-refractivity contribution in [3.63, 3.8) is 0 Å². The molecule has 3 aromatic rings. The Labute approximate surface area is 127 Å². The lowest BCUT2D eigenvalue weighted by Crippen LogP contribution is -2.31. The van der Waals surface area contributed by atoms with E-state index in [1.165, 1.54) is 11.1 Å². The van der Waals surface area contributed by atoms with E-state index in [2.05, 4.69) is 43.4 Å². The van der Waals surface area contributed by atoms with Crippen molar-refractivity contribution in [1.82, 2.24) is 19.1 Å². The molecule has 2 aliphatic rings. The highest BCUT2D eigenvalue weighted by Gasteiger charge is 2.41. The molecule has 2 aromatic heterocycles. The molecule has 0 bridgehead atoms. The predicted octanol–water partition coefficient (Wildman–Crippen LogP) is 2.40. The Bertz CT molecular complexity index is 850. The number of nitrogens with zero attached hydrogens (tertiary/aromatic N) is 4. The highest BCUT2D eigenvalue weighted by Crippen LogP contribution is 2.48. The fourth-order valence-electron chi connectivity index (χ4n) is 4.05. The first-order valence-electron chi connectivity index (χ1n) is 7.65. The van der Waals surface area contributed by atoms with Crippen LogP contribution in [0.15, 0.2) is 49.2 Å². The second kappa shape index (κ2) is 4.30. The van der Waals surface area contributed by atoms with Gasteiger partial charge in [0.1, 0.15) is 11.9 Å². The topological polar surface area (TPSA) is 55.9 Å². The maximum atomic E-state index is 10.8. The van der Waals surface area contributed by atoms with Crippen molar-refractivity contribution in [3.8, 4) is 11.3 Å². The van der Waals surface area contributed by atoms with Crippen molar-refractivity contribution in [2.24, 2.45) is 5.92 Å². The minimum absolute atomic E-state index is 0.117. The maximum Gasteiger partial charge on any atom is 0.138 e. The van der Waals surface area contributed by atoms with Gasteiger partial charge in [0.15, 0.2) is 0 Å². The van der Waals surface area contributed by atoms with E-state index in [4.69, 9.17) is 0 Å². The van der Waals surface area contributed by atoms with Crippen molar-refractivity contribution >= 4 is 0 Å². The first-order valence-corrected chi connectivity index (χ1v) is 7.65. The minimum atomic E-state index is -0.546. The average Bonchev–Trinajstić information content (AvgIpc) is 3.23. The molecule has 5 nitrogen and oxygen atoms in total. The number of rotatable bonds is 1. The number of aryl methyl sites for hydroxylation is 1. The van der Waals surface area contributed by atoms with Gasteiger partial charge in [0, 0.05) is 30.4 Å². The highest BCUT2D eigenvalue weighted by atomic mass is 16.3. The van der Waals surface area contributed by atoms with Gasteiger partial charge in [0.2, 0.25) is 0 Å². The molecule has 3 atom stereocenters. The van der Waals surface area contributed by atoms with E-state index in [9.17, 15) is 5.11 Å². The smallest absolute Gasteiger partial charge is 0.138 e. The minimum Gasteiger partial charge on any atom is -0.385 e.